The molecule has 184 valence electrons. The van der Waals surface area contributed by atoms with Gasteiger partial charge in [0.2, 0.25) is 10.0 Å². The number of nitrogens with one attached hydrogen (secondary N) is 1. The van der Waals surface area contributed by atoms with Crippen molar-refractivity contribution in [2.24, 2.45) is 0 Å². The molecule has 2 aromatic rings. The quantitative estimate of drug-likeness (QED) is 0.195. The smallest absolute Gasteiger partial charge is 0.348 e. The number of aliphatic hydroxyl groups is 2. The van der Waals surface area contributed by atoms with Crippen LogP contribution in [0.4, 0.5) is 5.69 Å². The van der Waals surface area contributed by atoms with Crippen LogP contribution < -0.4 is 5.43 Å². The van der Waals surface area contributed by atoms with Gasteiger partial charge in [0.25, 0.3) is 0 Å². The van der Waals surface area contributed by atoms with E-state index in [2.05, 4.69) is 12.3 Å². The molecule has 1 aromatic carbocycles. The Balaban J connectivity index is 1.90. The number of aryl methyl sites for hydroxylation is 1. The molecule has 1 atom stereocenters. The number of aliphatic hydroxyl groups excluding tert-OH is 2. The van der Waals surface area contributed by atoms with Gasteiger partial charge in [-0.1, -0.05) is 38.3 Å². The van der Waals surface area contributed by atoms with Crippen molar-refractivity contribution in [1.29, 1.82) is 0 Å². The van der Waals surface area contributed by atoms with Gasteiger partial charge >= 0.3 is 5.97 Å². The fourth-order valence-corrected chi connectivity index (χ4v) is 4.89. The summed E-state index contributed by atoms with van der Waals surface area (Å²) < 4.78 is 30.6. The molecule has 0 aliphatic heterocycles. The van der Waals surface area contributed by atoms with Crippen molar-refractivity contribution in [3.8, 4) is 0 Å². The zero-order chi connectivity index (χ0) is 24.3. The third-order valence-corrected chi connectivity index (χ3v) is 7.20. The van der Waals surface area contributed by atoms with E-state index in [0.29, 0.717) is 29.8 Å². The average Bonchev–Trinajstić information content (AvgIpc) is 3.25. The highest BCUT2D eigenvalue weighted by molar-refractivity contribution is 7.88. The molecule has 3 N–H and O–H groups in total. The van der Waals surface area contributed by atoms with Gasteiger partial charge in [0.15, 0.2) is 0 Å². The lowest BCUT2D eigenvalue weighted by Crippen LogP contribution is -2.36. The Kier molecular flexibility index (Phi) is 11.3. The summed E-state index contributed by atoms with van der Waals surface area (Å²) in [6.07, 6.45) is 5.64. The number of unbranched alkanes of at least 4 members (excludes halogenated alkanes) is 2. The van der Waals surface area contributed by atoms with Gasteiger partial charge in [0.1, 0.15) is 11.5 Å². The highest BCUT2D eigenvalue weighted by atomic mass is 32.2. The van der Waals surface area contributed by atoms with E-state index in [-0.39, 0.29) is 19.8 Å². The van der Waals surface area contributed by atoms with Crippen molar-refractivity contribution in [1.82, 2.24) is 4.41 Å². The second-order valence-corrected chi connectivity index (χ2v) is 10.9. The van der Waals surface area contributed by atoms with Crippen LogP contribution in [-0.4, -0.2) is 55.0 Å². The third-order valence-electron chi connectivity index (χ3n) is 5.00. The molecule has 0 saturated carbocycles. The number of hydrazine groups is 1. The zero-order valence-corrected chi connectivity index (χ0v) is 20.8. The zero-order valence-electron chi connectivity index (χ0n) is 19.2. The molecule has 1 aromatic heterocycles. The fraction of sp³-hybridized carbons (Fsp3) is 0.522. The summed E-state index contributed by atoms with van der Waals surface area (Å²) in [5, 5.41) is 19.0. The SMILES string of the molecule is CCCCCC(O)c1ccc(NN(CCCc2ccc(C(=O)OCCO)s2)S(C)(=O)=O)cc1. The predicted octanol–water partition coefficient (Wildman–Crippen LogP) is 3.73. The molecule has 33 heavy (non-hydrogen) atoms. The number of hydrogen-bond acceptors (Lipinski definition) is 8. The number of carbonyl (C=O) groups excluding carboxylic acids is 1. The highest BCUT2D eigenvalue weighted by Gasteiger charge is 2.17. The summed E-state index contributed by atoms with van der Waals surface area (Å²) in [5.74, 6) is -0.473. The lowest BCUT2D eigenvalue weighted by Gasteiger charge is -2.22. The Hall–Kier alpha value is -1.98. The molecule has 0 radical (unpaired) electrons. The molecule has 1 heterocycles. The van der Waals surface area contributed by atoms with Crippen LogP contribution in [0.5, 0.6) is 0 Å². The van der Waals surface area contributed by atoms with Gasteiger partial charge < -0.3 is 20.4 Å². The molecular formula is C23H34N2O6S2. The number of rotatable bonds is 15. The number of sulfonamides is 1. The van der Waals surface area contributed by atoms with E-state index in [1.54, 1.807) is 18.2 Å². The number of esters is 1. The van der Waals surface area contributed by atoms with Crippen molar-refractivity contribution in [3.05, 3.63) is 51.7 Å². The van der Waals surface area contributed by atoms with Gasteiger partial charge in [0.05, 0.1) is 24.7 Å². The lowest BCUT2D eigenvalue weighted by molar-refractivity contribution is 0.0439. The molecule has 0 bridgehead atoms. The minimum atomic E-state index is -3.50. The molecule has 0 aliphatic carbocycles. The van der Waals surface area contributed by atoms with Gasteiger partial charge in [-0.15, -0.1) is 15.8 Å². The summed E-state index contributed by atoms with van der Waals surface area (Å²) in [7, 11) is -3.50. The summed E-state index contributed by atoms with van der Waals surface area (Å²) in [4.78, 5) is 13.2. The first-order chi connectivity index (χ1) is 15.7. The van der Waals surface area contributed by atoms with Gasteiger partial charge in [-0.05, 0) is 49.1 Å². The Morgan fingerprint density at radius 3 is 2.52 bits per heavy atom. The number of anilines is 1. The van der Waals surface area contributed by atoms with E-state index < -0.39 is 22.1 Å². The van der Waals surface area contributed by atoms with Gasteiger partial charge in [-0.25, -0.2) is 13.2 Å². The van der Waals surface area contributed by atoms with Gasteiger partial charge in [-0.3, -0.25) is 0 Å². The van der Waals surface area contributed by atoms with Crippen LogP contribution >= 0.6 is 11.3 Å². The molecule has 0 saturated heterocycles. The number of ether oxygens (including phenoxy) is 1. The standard InChI is InChI=1S/C23H34N2O6S2/c1-3-4-5-8-21(27)18-9-11-19(12-10-18)24-25(33(2,29)30)15-6-7-20-13-14-22(32-20)23(28)31-17-16-26/h9-14,21,24,26-27H,3-8,15-17H2,1-2H3. The predicted molar refractivity (Wildman–Crippen MR) is 131 cm³/mol. The Bertz CT molecular complexity index is 960. The Labute approximate surface area is 200 Å². The van der Waals surface area contributed by atoms with Crippen molar-refractivity contribution < 1.29 is 28.2 Å². The van der Waals surface area contributed by atoms with Crippen molar-refractivity contribution in [2.75, 3.05) is 31.4 Å². The first kappa shape index (κ1) is 27.3. The number of nitrogens with zero attached hydrogens (tertiary/aromatic N) is 1. The van der Waals surface area contributed by atoms with Crippen LogP contribution in [0.25, 0.3) is 0 Å². The summed E-state index contributed by atoms with van der Waals surface area (Å²) in [5.41, 5.74) is 4.37. The van der Waals surface area contributed by atoms with E-state index in [9.17, 15) is 18.3 Å². The lowest BCUT2D eigenvalue weighted by atomic mass is 10.0. The van der Waals surface area contributed by atoms with Crippen LogP contribution in [-0.2, 0) is 21.2 Å². The second kappa shape index (κ2) is 13.7. The van der Waals surface area contributed by atoms with Crippen LogP contribution in [0.3, 0.4) is 0 Å². The summed E-state index contributed by atoms with van der Waals surface area (Å²) >= 11 is 1.30. The number of hydrogen-bond donors (Lipinski definition) is 3. The minimum Gasteiger partial charge on any atom is -0.459 e. The third kappa shape index (κ3) is 9.42. The molecule has 0 spiro atoms. The van der Waals surface area contributed by atoms with Gasteiger partial charge in [0, 0.05) is 11.4 Å². The molecule has 8 nitrogen and oxygen atoms in total. The van der Waals surface area contributed by atoms with E-state index in [1.165, 1.54) is 15.8 Å². The molecular weight excluding hydrogens is 464 g/mol. The monoisotopic (exact) mass is 498 g/mol. The Morgan fingerprint density at radius 1 is 1.15 bits per heavy atom. The number of thiophene rings is 1. The number of benzene rings is 1. The van der Waals surface area contributed by atoms with E-state index in [4.69, 9.17) is 9.84 Å². The fourth-order valence-electron chi connectivity index (χ4n) is 3.21. The van der Waals surface area contributed by atoms with E-state index >= 15 is 0 Å². The first-order valence-electron chi connectivity index (χ1n) is 11.1. The van der Waals surface area contributed by atoms with Crippen LogP contribution in [0, 0.1) is 0 Å². The van der Waals surface area contributed by atoms with Crippen molar-refractivity contribution in [2.45, 2.75) is 51.6 Å². The first-order valence-corrected chi connectivity index (χ1v) is 13.8. The molecule has 2 rings (SSSR count). The summed E-state index contributed by atoms with van der Waals surface area (Å²) in [6, 6.07) is 10.6. The average molecular weight is 499 g/mol. The van der Waals surface area contributed by atoms with E-state index in [1.807, 2.05) is 18.2 Å². The van der Waals surface area contributed by atoms with Gasteiger partial charge in [-0.2, -0.15) is 0 Å². The largest absolute Gasteiger partial charge is 0.459 e. The molecule has 10 heteroatoms. The molecule has 0 amide bonds. The van der Waals surface area contributed by atoms with Crippen LogP contribution in [0.1, 0.15) is 65.2 Å². The minimum absolute atomic E-state index is 0.0418. The maximum atomic E-state index is 12.2. The van der Waals surface area contributed by atoms with Crippen molar-refractivity contribution >= 4 is 33.0 Å². The maximum Gasteiger partial charge on any atom is 0.348 e. The van der Waals surface area contributed by atoms with E-state index in [0.717, 1.165) is 36.0 Å². The highest BCUT2D eigenvalue weighted by Crippen LogP contribution is 2.23. The van der Waals surface area contributed by atoms with Crippen LogP contribution in [0.2, 0.25) is 0 Å². The molecule has 1 unspecified atom stereocenters. The van der Waals surface area contributed by atoms with Crippen molar-refractivity contribution in [3.63, 3.8) is 0 Å². The van der Waals surface area contributed by atoms with Crippen LogP contribution in [0.15, 0.2) is 36.4 Å². The Morgan fingerprint density at radius 2 is 1.88 bits per heavy atom. The summed E-state index contributed by atoms with van der Waals surface area (Å²) in [6.45, 7) is 2.11. The maximum absolute atomic E-state index is 12.2. The molecule has 0 fully saturated rings. The second-order valence-electron chi connectivity index (χ2n) is 7.81. The topological polar surface area (TPSA) is 116 Å². The normalized spacial score (nSPS) is 12.6. The number of carbonyl (C=O) groups is 1. The molecule has 0 aliphatic rings.